The number of nitrogens with two attached hydrogens (primary N) is 1. The molecule has 1 unspecified atom stereocenters. The van der Waals surface area contributed by atoms with E-state index in [0.717, 1.165) is 12.8 Å². The zero-order valence-corrected chi connectivity index (χ0v) is 13.1. The second-order valence-corrected chi connectivity index (χ2v) is 6.50. The van der Waals surface area contributed by atoms with Crippen molar-refractivity contribution in [3.05, 3.63) is 68.9 Å². The first kappa shape index (κ1) is 14.1. The molecule has 1 aliphatic carbocycles. The molecule has 3 rings (SSSR count). The van der Waals surface area contributed by atoms with Gasteiger partial charge in [-0.1, -0.05) is 48.0 Å². The molecule has 1 nitrogen and oxygen atoms in total. The molecule has 104 valence electrons. The lowest BCUT2D eigenvalue weighted by Gasteiger charge is -2.25. The molecule has 0 amide bonds. The Balaban J connectivity index is 2.02. The summed E-state index contributed by atoms with van der Waals surface area (Å²) in [4.78, 5) is 0. The lowest BCUT2D eigenvalue weighted by Crippen LogP contribution is -2.27. The lowest BCUT2D eigenvalue weighted by atomic mass is 9.84. The normalized spacial score (nSPS) is 17.8. The molecule has 1 atom stereocenters. The first-order valence-electron chi connectivity index (χ1n) is 6.51. The Bertz CT molecular complexity index is 640. The van der Waals surface area contributed by atoms with E-state index in [4.69, 9.17) is 17.3 Å². The van der Waals surface area contributed by atoms with Gasteiger partial charge in [0.1, 0.15) is 5.82 Å². The standard InChI is InChI=1S/C16H14BrClFN/c17-12-7-6-11(14(19)13(12)18)15(20)16(8-9-16)10-4-2-1-3-5-10/h1-7,15H,8-9,20H2. The Labute approximate surface area is 131 Å². The van der Waals surface area contributed by atoms with Crippen LogP contribution in [-0.4, -0.2) is 0 Å². The van der Waals surface area contributed by atoms with Crippen LogP contribution in [0.3, 0.4) is 0 Å². The van der Waals surface area contributed by atoms with Crippen LogP contribution in [-0.2, 0) is 5.41 Å². The first-order valence-corrected chi connectivity index (χ1v) is 7.68. The fourth-order valence-corrected chi connectivity index (χ4v) is 3.24. The van der Waals surface area contributed by atoms with Crippen LogP contribution in [0.1, 0.15) is 30.0 Å². The Hall–Kier alpha value is -0.900. The Morgan fingerprint density at radius 2 is 1.80 bits per heavy atom. The molecule has 1 aliphatic rings. The number of hydrogen-bond donors (Lipinski definition) is 1. The van der Waals surface area contributed by atoms with Crippen molar-refractivity contribution >= 4 is 27.5 Å². The number of halogens is 3. The average molecular weight is 355 g/mol. The second kappa shape index (κ2) is 5.14. The summed E-state index contributed by atoms with van der Waals surface area (Å²) in [6.07, 6.45) is 1.95. The molecule has 20 heavy (non-hydrogen) atoms. The molecule has 0 aliphatic heterocycles. The van der Waals surface area contributed by atoms with E-state index in [-0.39, 0.29) is 16.5 Å². The molecule has 4 heteroatoms. The molecule has 0 radical (unpaired) electrons. The molecular weight excluding hydrogens is 341 g/mol. The summed E-state index contributed by atoms with van der Waals surface area (Å²) in [6, 6.07) is 13.2. The smallest absolute Gasteiger partial charge is 0.147 e. The minimum Gasteiger partial charge on any atom is -0.323 e. The summed E-state index contributed by atoms with van der Waals surface area (Å²) in [5.41, 5.74) is 7.88. The maximum Gasteiger partial charge on any atom is 0.147 e. The third-order valence-corrected chi connectivity index (χ3v) is 5.39. The van der Waals surface area contributed by atoms with Crippen LogP contribution in [0.15, 0.2) is 46.9 Å². The quantitative estimate of drug-likeness (QED) is 0.774. The van der Waals surface area contributed by atoms with Crippen LogP contribution in [0.4, 0.5) is 4.39 Å². The van der Waals surface area contributed by atoms with E-state index < -0.39 is 5.82 Å². The van der Waals surface area contributed by atoms with Crippen molar-refractivity contribution in [3.63, 3.8) is 0 Å². The van der Waals surface area contributed by atoms with E-state index in [1.807, 2.05) is 18.2 Å². The van der Waals surface area contributed by atoms with Crippen LogP contribution >= 0.6 is 27.5 Å². The van der Waals surface area contributed by atoms with Crippen molar-refractivity contribution in [2.24, 2.45) is 5.73 Å². The van der Waals surface area contributed by atoms with Crippen LogP contribution in [0.2, 0.25) is 5.02 Å². The number of benzene rings is 2. The van der Waals surface area contributed by atoms with Crippen molar-refractivity contribution in [3.8, 4) is 0 Å². The Morgan fingerprint density at radius 1 is 1.15 bits per heavy atom. The zero-order valence-electron chi connectivity index (χ0n) is 10.7. The molecule has 1 fully saturated rings. The maximum atomic E-state index is 14.3. The summed E-state index contributed by atoms with van der Waals surface area (Å²) < 4.78 is 14.9. The van der Waals surface area contributed by atoms with Gasteiger partial charge >= 0.3 is 0 Å². The van der Waals surface area contributed by atoms with E-state index in [9.17, 15) is 4.39 Å². The van der Waals surface area contributed by atoms with Crippen molar-refractivity contribution in [1.82, 2.24) is 0 Å². The van der Waals surface area contributed by atoms with Gasteiger partial charge in [-0.15, -0.1) is 0 Å². The van der Waals surface area contributed by atoms with Gasteiger partial charge in [0.25, 0.3) is 0 Å². The molecule has 0 saturated heterocycles. The third kappa shape index (κ3) is 2.18. The molecule has 2 aromatic rings. The highest BCUT2D eigenvalue weighted by Crippen LogP contribution is 2.56. The van der Waals surface area contributed by atoms with Gasteiger partial charge in [-0.3, -0.25) is 0 Å². The Kier molecular flexibility index (Phi) is 3.61. The van der Waals surface area contributed by atoms with E-state index in [2.05, 4.69) is 28.1 Å². The monoisotopic (exact) mass is 353 g/mol. The molecule has 0 aromatic heterocycles. The van der Waals surface area contributed by atoms with Gasteiger partial charge in [-0.25, -0.2) is 4.39 Å². The fraction of sp³-hybridized carbons (Fsp3) is 0.250. The van der Waals surface area contributed by atoms with Crippen LogP contribution in [0.25, 0.3) is 0 Å². The minimum atomic E-state index is -0.421. The number of hydrogen-bond acceptors (Lipinski definition) is 1. The van der Waals surface area contributed by atoms with Gasteiger partial charge in [0.2, 0.25) is 0 Å². The predicted molar refractivity (Wildman–Crippen MR) is 83.4 cm³/mol. The maximum absolute atomic E-state index is 14.3. The van der Waals surface area contributed by atoms with Gasteiger partial charge in [0.15, 0.2) is 0 Å². The summed E-state index contributed by atoms with van der Waals surface area (Å²) >= 11 is 9.19. The van der Waals surface area contributed by atoms with Gasteiger partial charge in [-0.2, -0.15) is 0 Å². The van der Waals surface area contributed by atoms with Gasteiger partial charge in [0, 0.05) is 21.5 Å². The van der Waals surface area contributed by atoms with Crippen molar-refractivity contribution in [2.45, 2.75) is 24.3 Å². The highest BCUT2D eigenvalue weighted by molar-refractivity contribution is 9.10. The molecule has 0 spiro atoms. The molecule has 0 heterocycles. The van der Waals surface area contributed by atoms with Crippen LogP contribution in [0, 0.1) is 5.82 Å². The lowest BCUT2D eigenvalue weighted by molar-refractivity contribution is 0.504. The minimum absolute atomic E-state index is 0.0989. The molecule has 2 N–H and O–H groups in total. The van der Waals surface area contributed by atoms with E-state index in [1.165, 1.54) is 5.56 Å². The van der Waals surface area contributed by atoms with Gasteiger partial charge < -0.3 is 5.73 Å². The summed E-state index contributed by atoms with van der Waals surface area (Å²) in [5, 5.41) is 0.0989. The molecule has 0 bridgehead atoms. The summed E-state index contributed by atoms with van der Waals surface area (Å²) in [5.74, 6) is -0.421. The highest BCUT2D eigenvalue weighted by atomic mass is 79.9. The Morgan fingerprint density at radius 3 is 2.40 bits per heavy atom. The topological polar surface area (TPSA) is 26.0 Å². The van der Waals surface area contributed by atoms with Gasteiger partial charge in [-0.05, 0) is 40.4 Å². The van der Waals surface area contributed by atoms with Crippen LogP contribution in [0.5, 0.6) is 0 Å². The van der Waals surface area contributed by atoms with E-state index >= 15 is 0 Å². The summed E-state index contributed by atoms with van der Waals surface area (Å²) in [7, 11) is 0. The van der Waals surface area contributed by atoms with Crippen molar-refractivity contribution < 1.29 is 4.39 Å². The first-order chi connectivity index (χ1) is 9.56. The fourth-order valence-electron chi connectivity index (χ4n) is 2.76. The van der Waals surface area contributed by atoms with Crippen molar-refractivity contribution in [1.29, 1.82) is 0 Å². The summed E-state index contributed by atoms with van der Waals surface area (Å²) in [6.45, 7) is 0. The number of rotatable bonds is 3. The van der Waals surface area contributed by atoms with E-state index in [1.54, 1.807) is 12.1 Å². The highest BCUT2D eigenvalue weighted by Gasteiger charge is 2.50. The van der Waals surface area contributed by atoms with Crippen molar-refractivity contribution in [2.75, 3.05) is 0 Å². The average Bonchev–Trinajstić information content (AvgIpc) is 3.27. The SMILES string of the molecule is NC(c1ccc(Br)c(Cl)c1F)C1(c2ccccc2)CC1. The van der Waals surface area contributed by atoms with E-state index in [0.29, 0.717) is 10.0 Å². The zero-order chi connectivity index (χ0) is 14.3. The third-order valence-electron chi connectivity index (χ3n) is 4.13. The predicted octanol–water partition coefficient (Wildman–Crippen LogP) is 4.97. The largest absolute Gasteiger partial charge is 0.323 e. The molecule has 2 aromatic carbocycles. The molecular formula is C16H14BrClFN. The van der Waals surface area contributed by atoms with Gasteiger partial charge in [0.05, 0.1) is 5.02 Å². The van der Waals surface area contributed by atoms with Crippen LogP contribution < -0.4 is 5.73 Å². The molecule has 1 saturated carbocycles. The second-order valence-electron chi connectivity index (χ2n) is 5.26.